The number of nitrogens with zero attached hydrogens (tertiary/aromatic N) is 2. The summed E-state index contributed by atoms with van der Waals surface area (Å²) >= 11 is 0. The van der Waals surface area contributed by atoms with E-state index in [2.05, 4.69) is 15.5 Å². The maximum Gasteiger partial charge on any atom is 0.233 e. The molecular weight excluding hydrogens is 166 g/mol. The summed E-state index contributed by atoms with van der Waals surface area (Å²) in [5.41, 5.74) is 0.915. The Hall–Kier alpha value is -1.16. The summed E-state index contributed by atoms with van der Waals surface area (Å²) in [5.74, 6) is 0.579. The van der Waals surface area contributed by atoms with Crippen LogP contribution in [0, 0.1) is 0 Å². The Kier molecular flexibility index (Phi) is 3.64. The predicted octanol–water partition coefficient (Wildman–Crippen LogP) is 0.983. The molecule has 0 radical (unpaired) electrons. The highest BCUT2D eigenvalue weighted by atomic mass is 16.5. The van der Waals surface area contributed by atoms with Gasteiger partial charge < -0.3 is 10.1 Å². The molecule has 4 nitrogen and oxygen atoms in total. The Bertz CT molecular complexity index is 246. The Balaban J connectivity index is 2.59. The standard InChI is InChI=1S/C9H15N3O/c1-7(2)13-9-5-4-8(6-10-3)11-12-9/h4-5,7,10H,6H2,1-3H3. The highest BCUT2D eigenvalue weighted by Crippen LogP contribution is 2.06. The Morgan fingerprint density at radius 1 is 1.38 bits per heavy atom. The van der Waals surface area contributed by atoms with E-state index < -0.39 is 0 Å². The number of nitrogens with one attached hydrogen (secondary N) is 1. The zero-order chi connectivity index (χ0) is 9.68. The fourth-order valence-corrected chi connectivity index (χ4v) is 0.927. The van der Waals surface area contributed by atoms with Crippen LogP contribution in [0.15, 0.2) is 12.1 Å². The first kappa shape index (κ1) is 9.92. The van der Waals surface area contributed by atoms with E-state index in [4.69, 9.17) is 4.74 Å². The maximum atomic E-state index is 5.35. The van der Waals surface area contributed by atoms with Crippen LogP contribution in [0.1, 0.15) is 19.5 Å². The second-order valence-corrected chi connectivity index (χ2v) is 3.06. The van der Waals surface area contributed by atoms with Gasteiger partial charge in [-0.25, -0.2) is 0 Å². The van der Waals surface area contributed by atoms with Crippen LogP contribution in [0.25, 0.3) is 0 Å². The van der Waals surface area contributed by atoms with Crippen molar-refractivity contribution >= 4 is 0 Å². The number of aromatic nitrogens is 2. The van der Waals surface area contributed by atoms with Crippen LogP contribution in [0.2, 0.25) is 0 Å². The summed E-state index contributed by atoms with van der Waals surface area (Å²) in [4.78, 5) is 0. The zero-order valence-corrected chi connectivity index (χ0v) is 8.24. The highest BCUT2D eigenvalue weighted by Gasteiger charge is 1.99. The van der Waals surface area contributed by atoms with Crippen LogP contribution in [0.5, 0.6) is 5.88 Å². The molecule has 1 aromatic heterocycles. The molecule has 0 aliphatic heterocycles. The lowest BCUT2D eigenvalue weighted by Gasteiger charge is -2.07. The van der Waals surface area contributed by atoms with E-state index in [0.29, 0.717) is 5.88 Å². The fraction of sp³-hybridized carbons (Fsp3) is 0.556. The van der Waals surface area contributed by atoms with Gasteiger partial charge in [-0.3, -0.25) is 0 Å². The van der Waals surface area contributed by atoms with Gasteiger partial charge in [-0.05, 0) is 27.0 Å². The number of rotatable bonds is 4. The minimum absolute atomic E-state index is 0.143. The summed E-state index contributed by atoms with van der Waals surface area (Å²) < 4.78 is 5.35. The van der Waals surface area contributed by atoms with Crippen molar-refractivity contribution in [1.82, 2.24) is 15.5 Å². The molecule has 0 atom stereocenters. The Morgan fingerprint density at radius 3 is 2.62 bits per heavy atom. The van der Waals surface area contributed by atoms with Crippen molar-refractivity contribution in [2.45, 2.75) is 26.5 Å². The van der Waals surface area contributed by atoms with Crippen molar-refractivity contribution in [1.29, 1.82) is 0 Å². The third-order valence-electron chi connectivity index (χ3n) is 1.41. The molecule has 0 aliphatic rings. The third kappa shape index (κ3) is 3.38. The van der Waals surface area contributed by atoms with Crippen molar-refractivity contribution in [3.63, 3.8) is 0 Å². The first-order valence-electron chi connectivity index (χ1n) is 4.36. The van der Waals surface area contributed by atoms with Gasteiger partial charge in [-0.1, -0.05) is 0 Å². The Morgan fingerprint density at radius 2 is 2.15 bits per heavy atom. The second-order valence-electron chi connectivity index (χ2n) is 3.06. The van der Waals surface area contributed by atoms with Crippen molar-refractivity contribution in [2.75, 3.05) is 7.05 Å². The van der Waals surface area contributed by atoms with Crippen molar-refractivity contribution in [3.05, 3.63) is 17.8 Å². The summed E-state index contributed by atoms with van der Waals surface area (Å²) in [5, 5.41) is 10.9. The highest BCUT2D eigenvalue weighted by molar-refractivity contribution is 5.11. The second kappa shape index (κ2) is 4.77. The van der Waals surface area contributed by atoms with Gasteiger partial charge in [-0.2, -0.15) is 5.10 Å². The molecule has 1 rings (SSSR count). The van der Waals surface area contributed by atoms with E-state index in [-0.39, 0.29) is 6.10 Å². The monoisotopic (exact) mass is 181 g/mol. The quantitative estimate of drug-likeness (QED) is 0.752. The molecule has 4 heteroatoms. The smallest absolute Gasteiger partial charge is 0.233 e. The third-order valence-corrected chi connectivity index (χ3v) is 1.41. The van der Waals surface area contributed by atoms with Gasteiger partial charge in [0, 0.05) is 12.6 Å². The van der Waals surface area contributed by atoms with Gasteiger partial charge in [0.25, 0.3) is 0 Å². The molecule has 0 spiro atoms. The fourth-order valence-electron chi connectivity index (χ4n) is 0.927. The SMILES string of the molecule is CNCc1ccc(OC(C)C)nn1. The van der Waals surface area contributed by atoms with E-state index in [1.54, 1.807) is 0 Å². The van der Waals surface area contributed by atoms with Crippen LogP contribution in [0.3, 0.4) is 0 Å². The molecule has 0 saturated heterocycles. The number of ether oxygens (including phenoxy) is 1. The minimum atomic E-state index is 0.143. The van der Waals surface area contributed by atoms with E-state index in [1.165, 1.54) is 0 Å². The molecule has 72 valence electrons. The number of hydrogen-bond acceptors (Lipinski definition) is 4. The van der Waals surface area contributed by atoms with Crippen LogP contribution < -0.4 is 10.1 Å². The largest absolute Gasteiger partial charge is 0.474 e. The van der Waals surface area contributed by atoms with Gasteiger partial charge >= 0.3 is 0 Å². The van der Waals surface area contributed by atoms with Crippen LogP contribution in [0.4, 0.5) is 0 Å². The summed E-state index contributed by atoms with van der Waals surface area (Å²) in [6.45, 7) is 4.65. The molecule has 0 aromatic carbocycles. The molecule has 13 heavy (non-hydrogen) atoms. The first-order chi connectivity index (χ1) is 6.22. The molecule has 1 aromatic rings. The molecular formula is C9H15N3O. The van der Waals surface area contributed by atoms with Gasteiger partial charge in [0.2, 0.25) is 5.88 Å². The molecule has 0 saturated carbocycles. The average Bonchev–Trinajstić information content (AvgIpc) is 2.08. The Labute approximate surface area is 78.3 Å². The van der Waals surface area contributed by atoms with E-state index in [1.807, 2.05) is 33.0 Å². The van der Waals surface area contributed by atoms with E-state index in [0.717, 1.165) is 12.2 Å². The van der Waals surface area contributed by atoms with Crippen molar-refractivity contribution in [2.24, 2.45) is 0 Å². The van der Waals surface area contributed by atoms with Crippen LogP contribution in [-0.2, 0) is 6.54 Å². The van der Waals surface area contributed by atoms with Gasteiger partial charge in [-0.15, -0.1) is 5.10 Å². The minimum Gasteiger partial charge on any atom is -0.474 e. The topological polar surface area (TPSA) is 47.0 Å². The van der Waals surface area contributed by atoms with Crippen LogP contribution in [-0.4, -0.2) is 23.3 Å². The van der Waals surface area contributed by atoms with Gasteiger partial charge in [0.05, 0.1) is 11.8 Å². The lowest BCUT2D eigenvalue weighted by Crippen LogP contribution is -2.10. The lowest BCUT2D eigenvalue weighted by atomic mass is 10.4. The molecule has 0 fully saturated rings. The number of hydrogen-bond donors (Lipinski definition) is 1. The van der Waals surface area contributed by atoms with Crippen LogP contribution >= 0.6 is 0 Å². The van der Waals surface area contributed by atoms with E-state index in [9.17, 15) is 0 Å². The maximum absolute atomic E-state index is 5.35. The van der Waals surface area contributed by atoms with Gasteiger partial charge in [0.15, 0.2) is 0 Å². The summed E-state index contributed by atoms with van der Waals surface area (Å²) in [6, 6.07) is 3.74. The molecule has 1 heterocycles. The normalized spacial score (nSPS) is 10.5. The molecule has 1 N–H and O–H groups in total. The van der Waals surface area contributed by atoms with E-state index >= 15 is 0 Å². The summed E-state index contributed by atoms with van der Waals surface area (Å²) in [7, 11) is 1.88. The summed E-state index contributed by atoms with van der Waals surface area (Å²) in [6.07, 6.45) is 0.143. The van der Waals surface area contributed by atoms with Gasteiger partial charge in [0.1, 0.15) is 0 Å². The predicted molar refractivity (Wildman–Crippen MR) is 50.6 cm³/mol. The molecule has 0 unspecified atom stereocenters. The zero-order valence-electron chi connectivity index (χ0n) is 8.24. The first-order valence-corrected chi connectivity index (χ1v) is 4.36. The van der Waals surface area contributed by atoms with Crippen molar-refractivity contribution in [3.8, 4) is 5.88 Å². The average molecular weight is 181 g/mol. The molecule has 0 amide bonds. The molecule has 0 aliphatic carbocycles. The lowest BCUT2D eigenvalue weighted by molar-refractivity contribution is 0.229. The van der Waals surface area contributed by atoms with Crippen molar-refractivity contribution < 1.29 is 4.74 Å². The molecule has 0 bridgehead atoms.